The first kappa shape index (κ1) is 19.7. The van der Waals surface area contributed by atoms with Crippen LogP contribution in [0.3, 0.4) is 0 Å². The van der Waals surface area contributed by atoms with Gasteiger partial charge in [-0.15, -0.1) is 0 Å². The number of carbonyl (C=O) groups excluding carboxylic acids is 2. The quantitative estimate of drug-likeness (QED) is 0.798. The van der Waals surface area contributed by atoms with E-state index in [1.165, 1.54) is 7.11 Å². The van der Waals surface area contributed by atoms with Crippen molar-refractivity contribution in [2.75, 3.05) is 42.4 Å². The van der Waals surface area contributed by atoms with Crippen LogP contribution in [0.15, 0.2) is 42.5 Å². The molecule has 7 heteroatoms. The summed E-state index contributed by atoms with van der Waals surface area (Å²) < 4.78 is 10.4. The fraction of sp³-hybridized carbons (Fsp3) is 0.333. The highest BCUT2D eigenvalue weighted by atomic mass is 16.5. The van der Waals surface area contributed by atoms with Crippen molar-refractivity contribution in [1.82, 2.24) is 0 Å². The summed E-state index contributed by atoms with van der Waals surface area (Å²) in [6.07, 6.45) is 1.82. The third-order valence-electron chi connectivity index (χ3n) is 4.45. The van der Waals surface area contributed by atoms with Gasteiger partial charge in [0.2, 0.25) is 0 Å². The number of hydrogen-bond acceptors (Lipinski definition) is 4. The molecule has 2 N–H and O–H groups in total. The first-order valence-electron chi connectivity index (χ1n) is 9.34. The van der Waals surface area contributed by atoms with Crippen molar-refractivity contribution in [3.05, 3.63) is 48.0 Å². The van der Waals surface area contributed by atoms with Gasteiger partial charge in [0, 0.05) is 30.7 Å². The highest BCUT2D eigenvalue weighted by molar-refractivity contribution is 6.01. The number of urea groups is 1. The van der Waals surface area contributed by atoms with E-state index in [0.717, 1.165) is 29.8 Å². The lowest BCUT2D eigenvalue weighted by molar-refractivity contribution is -0.122. The normalized spacial score (nSPS) is 12.9. The van der Waals surface area contributed by atoms with Gasteiger partial charge >= 0.3 is 6.03 Å². The van der Waals surface area contributed by atoms with Gasteiger partial charge < -0.3 is 25.0 Å². The van der Waals surface area contributed by atoms with Crippen LogP contribution in [0.25, 0.3) is 0 Å². The molecule has 28 heavy (non-hydrogen) atoms. The molecule has 2 aromatic carbocycles. The number of hydrogen-bond donors (Lipinski definition) is 2. The molecule has 0 spiro atoms. The summed E-state index contributed by atoms with van der Waals surface area (Å²) in [6, 6.07) is 12.4. The summed E-state index contributed by atoms with van der Waals surface area (Å²) in [6.45, 7) is 3.20. The van der Waals surface area contributed by atoms with Crippen molar-refractivity contribution >= 4 is 29.0 Å². The molecule has 7 nitrogen and oxygen atoms in total. The van der Waals surface area contributed by atoms with E-state index >= 15 is 0 Å². The van der Waals surface area contributed by atoms with Gasteiger partial charge in [-0.1, -0.05) is 6.07 Å². The number of fused-ring (bicyclic) bond motifs is 1. The lowest BCUT2D eigenvalue weighted by Gasteiger charge is -2.29. The maximum Gasteiger partial charge on any atom is 0.323 e. The Morgan fingerprint density at radius 1 is 1.07 bits per heavy atom. The van der Waals surface area contributed by atoms with Crippen LogP contribution >= 0.6 is 0 Å². The van der Waals surface area contributed by atoms with E-state index in [-0.39, 0.29) is 18.5 Å². The maximum atomic E-state index is 12.3. The SMILES string of the molecule is CCOc1ccc(NC(=O)Nc2ccc3c(c2)N(C(=O)COC)CCC3)cc1. The molecule has 1 aliphatic rings. The number of anilines is 3. The monoisotopic (exact) mass is 383 g/mol. The third kappa shape index (κ3) is 4.80. The predicted octanol–water partition coefficient (Wildman–Crippen LogP) is 3.65. The zero-order valence-electron chi connectivity index (χ0n) is 16.2. The third-order valence-corrected chi connectivity index (χ3v) is 4.45. The zero-order chi connectivity index (χ0) is 19.9. The molecule has 0 radical (unpaired) electrons. The van der Waals surface area contributed by atoms with Crippen LogP contribution in [-0.4, -0.2) is 38.8 Å². The first-order chi connectivity index (χ1) is 13.6. The second kappa shape index (κ2) is 9.23. The summed E-state index contributed by atoms with van der Waals surface area (Å²) in [7, 11) is 1.51. The van der Waals surface area contributed by atoms with Gasteiger partial charge in [-0.2, -0.15) is 0 Å². The molecule has 0 unspecified atom stereocenters. The van der Waals surface area contributed by atoms with Crippen LogP contribution in [0.4, 0.5) is 21.9 Å². The number of rotatable bonds is 6. The topological polar surface area (TPSA) is 79.9 Å². The first-order valence-corrected chi connectivity index (χ1v) is 9.34. The van der Waals surface area contributed by atoms with Crippen molar-refractivity contribution in [1.29, 1.82) is 0 Å². The second-order valence-corrected chi connectivity index (χ2v) is 6.46. The molecule has 0 bridgehead atoms. The molecule has 0 atom stereocenters. The minimum atomic E-state index is -0.352. The fourth-order valence-corrected chi connectivity index (χ4v) is 3.21. The maximum absolute atomic E-state index is 12.3. The zero-order valence-corrected chi connectivity index (χ0v) is 16.2. The number of carbonyl (C=O) groups is 2. The van der Waals surface area contributed by atoms with Crippen LogP contribution in [0.5, 0.6) is 5.75 Å². The Bertz CT molecular complexity index is 836. The van der Waals surface area contributed by atoms with Gasteiger partial charge in [0.25, 0.3) is 5.91 Å². The van der Waals surface area contributed by atoms with Crippen LogP contribution in [0, 0.1) is 0 Å². The lowest BCUT2D eigenvalue weighted by Crippen LogP contribution is -2.37. The number of amides is 3. The summed E-state index contributed by atoms with van der Waals surface area (Å²) in [4.78, 5) is 26.3. The summed E-state index contributed by atoms with van der Waals surface area (Å²) in [5.41, 5.74) is 3.20. The molecule has 3 rings (SSSR count). The second-order valence-electron chi connectivity index (χ2n) is 6.46. The van der Waals surface area contributed by atoms with E-state index in [9.17, 15) is 9.59 Å². The predicted molar refractivity (Wildman–Crippen MR) is 109 cm³/mol. The van der Waals surface area contributed by atoms with E-state index in [1.807, 2.05) is 25.1 Å². The van der Waals surface area contributed by atoms with Gasteiger partial charge in [-0.3, -0.25) is 4.79 Å². The van der Waals surface area contributed by atoms with E-state index in [2.05, 4.69) is 10.6 Å². The standard InChI is InChI=1S/C21H25N3O4/c1-3-28-18-10-8-16(9-11-18)22-21(26)23-17-7-6-15-5-4-12-24(19(15)13-17)20(25)14-27-2/h6-11,13H,3-5,12,14H2,1-2H3,(H2,22,23,26). The van der Waals surface area contributed by atoms with E-state index in [4.69, 9.17) is 9.47 Å². The highest BCUT2D eigenvalue weighted by Gasteiger charge is 2.22. The smallest absolute Gasteiger partial charge is 0.323 e. The van der Waals surface area contributed by atoms with Crippen LogP contribution in [-0.2, 0) is 16.0 Å². The number of benzene rings is 2. The fourth-order valence-electron chi connectivity index (χ4n) is 3.21. The molecule has 2 aromatic rings. The minimum absolute atomic E-state index is 0.0370. The Kier molecular flexibility index (Phi) is 6.49. The van der Waals surface area contributed by atoms with Crippen LogP contribution in [0.2, 0.25) is 0 Å². The Morgan fingerprint density at radius 2 is 1.79 bits per heavy atom. The van der Waals surface area contributed by atoms with Gasteiger partial charge in [-0.05, 0) is 61.7 Å². The molecule has 0 saturated heterocycles. The Labute approximate surface area is 164 Å². The van der Waals surface area contributed by atoms with Gasteiger partial charge in [0.1, 0.15) is 12.4 Å². The Hall–Kier alpha value is -3.06. The molecule has 1 aliphatic heterocycles. The van der Waals surface area contributed by atoms with Crippen molar-refractivity contribution in [3.8, 4) is 5.75 Å². The molecule has 0 aromatic heterocycles. The van der Waals surface area contributed by atoms with Crippen molar-refractivity contribution in [2.24, 2.45) is 0 Å². The number of aryl methyl sites for hydroxylation is 1. The molecular weight excluding hydrogens is 358 g/mol. The number of nitrogens with zero attached hydrogens (tertiary/aromatic N) is 1. The highest BCUT2D eigenvalue weighted by Crippen LogP contribution is 2.30. The van der Waals surface area contributed by atoms with E-state index in [0.29, 0.717) is 24.5 Å². The molecule has 1 heterocycles. The summed E-state index contributed by atoms with van der Waals surface area (Å²) >= 11 is 0. The molecule has 3 amide bonds. The minimum Gasteiger partial charge on any atom is -0.494 e. The van der Waals surface area contributed by atoms with Gasteiger partial charge in [-0.25, -0.2) is 4.79 Å². The molecule has 148 valence electrons. The average molecular weight is 383 g/mol. The van der Waals surface area contributed by atoms with Gasteiger partial charge in [0.05, 0.1) is 6.61 Å². The summed E-state index contributed by atoms with van der Waals surface area (Å²) in [5, 5.41) is 5.61. The molecule has 0 saturated carbocycles. The summed E-state index contributed by atoms with van der Waals surface area (Å²) in [5.74, 6) is 0.670. The largest absolute Gasteiger partial charge is 0.494 e. The van der Waals surface area contributed by atoms with Crippen molar-refractivity contribution < 1.29 is 19.1 Å². The average Bonchev–Trinajstić information content (AvgIpc) is 2.69. The number of methoxy groups -OCH3 is 1. The lowest BCUT2D eigenvalue weighted by atomic mass is 10.0. The van der Waals surface area contributed by atoms with E-state index in [1.54, 1.807) is 29.2 Å². The van der Waals surface area contributed by atoms with Gasteiger partial charge in [0.15, 0.2) is 0 Å². The number of nitrogens with one attached hydrogen (secondary N) is 2. The number of ether oxygens (including phenoxy) is 2. The van der Waals surface area contributed by atoms with Crippen LogP contribution < -0.4 is 20.3 Å². The molecule has 0 fully saturated rings. The van der Waals surface area contributed by atoms with Crippen molar-refractivity contribution in [3.63, 3.8) is 0 Å². The molecular formula is C21H25N3O4. The molecule has 0 aliphatic carbocycles. The van der Waals surface area contributed by atoms with Crippen molar-refractivity contribution in [2.45, 2.75) is 19.8 Å². The van der Waals surface area contributed by atoms with Crippen LogP contribution in [0.1, 0.15) is 18.9 Å². The van der Waals surface area contributed by atoms with E-state index < -0.39 is 0 Å². The Balaban J connectivity index is 1.68. The Morgan fingerprint density at radius 3 is 2.50 bits per heavy atom.